The van der Waals surface area contributed by atoms with Crippen LogP contribution in [0.3, 0.4) is 0 Å². The Labute approximate surface area is 110 Å². The van der Waals surface area contributed by atoms with Crippen molar-refractivity contribution in [3.05, 3.63) is 54.0 Å². The Morgan fingerprint density at radius 2 is 2.22 bits per heavy atom. The second-order valence-electron chi connectivity index (χ2n) is 3.62. The molecule has 2 rings (SSSR count). The fraction of sp³-hybridized carbons (Fsp3) is 0.214. The normalized spacial score (nSPS) is 9.94. The lowest BCUT2D eigenvalue weighted by Crippen LogP contribution is -2.00. The van der Waals surface area contributed by atoms with E-state index in [1.54, 1.807) is 30.2 Å². The molecule has 4 heteroatoms. The molecule has 0 spiro atoms. The van der Waals surface area contributed by atoms with E-state index in [-0.39, 0.29) is 0 Å². The maximum atomic E-state index is 8.76. The zero-order valence-electron chi connectivity index (χ0n) is 9.83. The monoisotopic (exact) mass is 259 g/mol. The maximum absolute atomic E-state index is 8.76. The molecular formula is C14H13NO2S. The molecule has 0 aliphatic rings. The van der Waals surface area contributed by atoms with Gasteiger partial charge in [-0.1, -0.05) is 6.07 Å². The van der Waals surface area contributed by atoms with Gasteiger partial charge in [-0.2, -0.15) is 17.0 Å². The van der Waals surface area contributed by atoms with E-state index < -0.39 is 0 Å². The Morgan fingerprint density at radius 1 is 1.28 bits per heavy atom. The molecule has 1 aromatic heterocycles. The summed E-state index contributed by atoms with van der Waals surface area (Å²) in [4.78, 5) is 0. The van der Waals surface area contributed by atoms with Gasteiger partial charge in [0.2, 0.25) is 0 Å². The molecule has 1 heterocycles. The molecule has 0 saturated heterocycles. The number of hydrogen-bond acceptors (Lipinski definition) is 4. The molecule has 2 aromatic rings. The van der Waals surface area contributed by atoms with E-state index in [1.807, 2.05) is 24.3 Å². The van der Waals surface area contributed by atoms with Crippen LogP contribution in [0.5, 0.6) is 5.75 Å². The van der Waals surface area contributed by atoms with E-state index in [9.17, 15) is 0 Å². The number of furan rings is 1. The van der Waals surface area contributed by atoms with E-state index in [0.717, 1.165) is 23.0 Å². The summed E-state index contributed by atoms with van der Waals surface area (Å²) in [6, 6.07) is 13.1. The van der Waals surface area contributed by atoms with Gasteiger partial charge in [0.1, 0.15) is 11.5 Å². The summed E-state index contributed by atoms with van der Waals surface area (Å²) in [6.45, 7) is 0.625. The van der Waals surface area contributed by atoms with Gasteiger partial charge in [-0.3, -0.25) is 0 Å². The molecule has 0 atom stereocenters. The topological polar surface area (TPSA) is 46.2 Å². The average molecular weight is 259 g/mol. The van der Waals surface area contributed by atoms with Crippen molar-refractivity contribution in [1.82, 2.24) is 0 Å². The summed E-state index contributed by atoms with van der Waals surface area (Å²) in [6.07, 6.45) is 1.68. The second kappa shape index (κ2) is 6.77. The molecule has 0 unspecified atom stereocenters. The molecule has 0 aliphatic heterocycles. The summed E-state index contributed by atoms with van der Waals surface area (Å²) < 4.78 is 10.8. The Hall–Kier alpha value is -1.86. The van der Waals surface area contributed by atoms with Gasteiger partial charge < -0.3 is 9.15 Å². The SMILES string of the molecule is N#Cc1cccc(OCCSCc2ccco2)c1. The molecular weight excluding hydrogens is 246 g/mol. The van der Waals surface area contributed by atoms with Gasteiger partial charge in [-0.15, -0.1) is 0 Å². The van der Waals surface area contributed by atoms with Gasteiger partial charge >= 0.3 is 0 Å². The molecule has 0 bridgehead atoms. The van der Waals surface area contributed by atoms with Crippen molar-refractivity contribution in [2.45, 2.75) is 5.75 Å². The van der Waals surface area contributed by atoms with Crippen molar-refractivity contribution < 1.29 is 9.15 Å². The lowest BCUT2D eigenvalue weighted by molar-refractivity contribution is 0.344. The predicted molar refractivity (Wildman–Crippen MR) is 71.5 cm³/mol. The number of hydrogen-bond donors (Lipinski definition) is 0. The molecule has 0 saturated carbocycles. The minimum Gasteiger partial charge on any atom is -0.493 e. The highest BCUT2D eigenvalue weighted by Gasteiger charge is 1.98. The molecule has 0 amide bonds. The predicted octanol–water partition coefficient (Wildman–Crippen LogP) is 3.46. The van der Waals surface area contributed by atoms with Crippen LogP contribution in [0.2, 0.25) is 0 Å². The van der Waals surface area contributed by atoms with Gasteiger partial charge in [0, 0.05) is 5.75 Å². The summed E-state index contributed by atoms with van der Waals surface area (Å²) >= 11 is 1.76. The fourth-order valence-corrected chi connectivity index (χ4v) is 2.15. The quantitative estimate of drug-likeness (QED) is 0.745. The Kier molecular flexibility index (Phi) is 4.74. The van der Waals surface area contributed by atoms with Crippen LogP contribution >= 0.6 is 11.8 Å². The van der Waals surface area contributed by atoms with Crippen molar-refractivity contribution in [3.63, 3.8) is 0 Å². The minimum absolute atomic E-state index is 0.621. The first-order valence-corrected chi connectivity index (χ1v) is 6.77. The summed E-state index contributed by atoms with van der Waals surface area (Å²) in [5.74, 6) is 3.46. The number of benzene rings is 1. The van der Waals surface area contributed by atoms with E-state index in [1.165, 1.54) is 0 Å². The highest BCUT2D eigenvalue weighted by molar-refractivity contribution is 7.98. The molecule has 0 radical (unpaired) electrons. The first-order valence-electron chi connectivity index (χ1n) is 5.61. The van der Waals surface area contributed by atoms with Gasteiger partial charge in [0.25, 0.3) is 0 Å². The molecule has 3 nitrogen and oxygen atoms in total. The summed E-state index contributed by atoms with van der Waals surface area (Å²) in [7, 11) is 0. The molecule has 0 fully saturated rings. The molecule has 1 aromatic carbocycles. The van der Waals surface area contributed by atoms with Gasteiger partial charge in [-0.05, 0) is 30.3 Å². The van der Waals surface area contributed by atoms with Gasteiger partial charge in [-0.25, -0.2) is 0 Å². The highest BCUT2D eigenvalue weighted by atomic mass is 32.2. The number of thioether (sulfide) groups is 1. The van der Waals surface area contributed by atoms with Crippen LogP contribution in [-0.4, -0.2) is 12.4 Å². The van der Waals surface area contributed by atoms with E-state index >= 15 is 0 Å². The lowest BCUT2D eigenvalue weighted by Gasteiger charge is -2.05. The van der Waals surface area contributed by atoms with Gasteiger partial charge in [0.05, 0.1) is 30.3 Å². The van der Waals surface area contributed by atoms with Crippen LogP contribution in [0.1, 0.15) is 11.3 Å². The number of rotatable bonds is 6. The maximum Gasteiger partial charge on any atom is 0.120 e. The van der Waals surface area contributed by atoms with Crippen LogP contribution in [0.25, 0.3) is 0 Å². The number of nitriles is 1. The van der Waals surface area contributed by atoms with E-state index in [4.69, 9.17) is 14.4 Å². The highest BCUT2D eigenvalue weighted by Crippen LogP contribution is 2.15. The van der Waals surface area contributed by atoms with Crippen LogP contribution in [0.15, 0.2) is 47.1 Å². The van der Waals surface area contributed by atoms with Crippen LogP contribution < -0.4 is 4.74 Å². The molecule has 92 valence electrons. The Bertz CT molecular complexity index is 517. The number of nitrogens with zero attached hydrogens (tertiary/aromatic N) is 1. The third-order valence-corrected chi connectivity index (χ3v) is 3.23. The Balaban J connectivity index is 1.67. The van der Waals surface area contributed by atoms with Crippen LogP contribution in [0.4, 0.5) is 0 Å². The standard InChI is InChI=1S/C14H13NO2S/c15-10-12-3-1-4-13(9-12)17-7-8-18-11-14-5-2-6-16-14/h1-6,9H,7-8,11H2. The Morgan fingerprint density at radius 3 is 3.00 bits per heavy atom. The minimum atomic E-state index is 0.621. The fourth-order valence-electron chi connectivity index (χ4n) is 1.44. The lowest BCUT2D eigenvalue weighted by atomic mass is 10.2. The first-order chi connectivity index (χ1) is 8.88. The first kappa shape index (κ1) is 12.6. The largest absolute Gasteiger partial charge is 0.493 e. The van der Waals surface area contributed by atoms with E-state index in [0.29, 0.717) is 12.2 Å². The summed E-state index contributed by atoms with van der Waals surface area (Å²) in [5, 5.41) is 8.76. The van der Waals surface area contributed by atoms with Crippen molar-refractivity contribution in [3.8, 4) is 11.8 Å². The van der Waals surface area contributed by atoms with E-state index in [2.05, 4.69) is 6.07 Å². The zero-order chi connectivity index (χ0) is 12.6. The van der Waals surface area contributed by atoms with Crippen molar-refractivity contribution >= 4 is 11.8 Å². The van der Waals surface area contributed by atoms with Gasteiger partial charge in [0.15, 0.2) is 0 Å². The average Bonchev–Trinajstić information content (AvgIpc) is 2.92. The van der Waals surface area contributed by atoms with Crippen LogP contribution in [0, 0.1) is 11.3 Å². The van der Waals surface area contributed by atoms with Crippen LogP contribution in [-0.2, 0) is 5.75 Å². The molecule has 0 N–H and O–H groups in total. The number of ether oxygens (including phenoxy) is 1. The third kappa shape index (κ3) is 3.86. The van der Waals surface area contributed by atoms with Crippen molar-refractivity contribution in [1.29, 1.82) is 5.26 Å². The molecule has 18 heavy (non-hydrogen) atoms. The molecule has 0 aliphatic carbocycles. The zero-order valence-corrected chi connectivity index (χ0v) is 10.7. The smallest absolute Gasteiger partial charge is 0.120 e. The summed E-state index contributed by atoms with van der Waals surface area (Å²) in [5.41, 5.74) is 0.621. The van der Waals surface area contributed by atoms with Crippen molar-refractivity contribution in [2.75, 3.05) is 12.4 Å². The van der Waals surface area contributed by atoms with Crippen molar-refractivity contribution in [2.24, 2.45) is 0 Å². The second-order valence-corrected chi connectivity index (χ2v) is 4.73. The third-order valence-electron chi connectivity index (χ3n) is 2.28.